The number of benzene rings is 1. The number of sulfonamides is 1. The second kappa shape index (κ2) is 5.55. The Morgan fingerprint density at radius 2 is 2.00 bits per heavy atom. The Balaban J connectivity index is 2.39. The van der Waals surface area contributed by atoms with Crippen LogP contribution in [-0.4, -0.2) is 19.5 Å². The molecule has 2 aromatic rings. The van der Waals surface area contributed by atoms with Gasteiger partial charge in [-0.25, -0.2) is 13.2 Å². The van der Waals surface area contributed by atoms with E-state index in [4.69, 9.17) is 5.11 Å². The van der Waals surface area contributed by atoms with E-state index >= 15 is 0 Å². The van der Waals surface area contributed by atoms with E-state index in [1.165, 1.54) is 18.2 Å². The molecular weight excluding hydrogens is 366 g/mol. The third kappa shape index (κ3) is 3.20. The Hall–Kier alpha value is -1.38. The van der Waals surface area contributed by atoms with Crippen LogP contribution < -0.4 is 4.72 Å². The van der Waals surface area contributed by atoms with Gasteiger partial charge in [0.05, 0.1) is 15.0 Å². The summed E-state index contributed by atoms with van der Waals surface area (Å²) in [5.41, 5.74) is 0.935. The molecule has 0 aliphatic rings. The van der Waals surface area contributed by atoms with Crippen LogP contribution in [0.25, 0.3) is 0 Å². The Bertz CT molecular complexity index is 768. The minimum Gasteiger partial charge on any atom is -0.478 e. The topological polar surface area (TPSA) is 83.5 Å². The number of nitrogens with one attached hydrogen (secondary N) is 1. The molecule has 20 heavy (non-hydrogen) atoms. The number of carboxylic acids is 1. The van der Waals surface area contributed by atoms with Gasteiger partial charge in [-0.15, -0.1) is 11.3 Å². The van der Waals surface area contributed by atoms with Gasteiger partial charge in [0.1, 0.15) is 4.21 Å². The van der Waals surface area contributed by atoms with Crippen LogP contribution in [0, 0.1) is 6.92 Å². The fourth-order valence-corrected chi connectivity index (χ4v) is 4.63. The van der Waals surface area contributed by atoms with E-state index < -0.39 is 16.0 Å². The molecule has 0 radical (unpaired) electrons. The van der Waals surface area contributed by atoms with Gasteiger partial charge in [0.25, 0.3) is 10.0 Å². The van der Waals surface area contributed by atoms with Gasteiger partial charge in [0.15, 0.2) is 0 Å². The molecule has 2 N–H and O–H groups in total. The molecular formula is C12H10BrNO4S2. The van der Waals surface area contributed by atoms with Gasteiger partial charge < -0.3 is 5.11 Å². The van der Waals surface area contributed by atoms with Crippen LogP contribution in [0.2, 0.25) is 0 Å². The van der Waals surface area contributed by atoms with Crippen molar-refractivity contribution in [2.75, 3.05) is 4.72 Å². The maximum Gasteiger partial charge on any atom is 0.335 e. The van der Waals surface area contributed by atoms with Gasteiger partial charge in [-0.3, -0.25) is 4.72 Å². The fraction of sp³-hybridized carbons (Fsp3) is 0.0833. The van der Waals surface area contributed by atoms with E-state index in [1.807, 2.05) is 0 Å². The molecule has 1 aromatic heterocycles. The van der Waals surface area contributed by atoms with Crippen molar-refractivity contribution in [3.63, 3.8) is 0 Å². The number of halogens is 1. The summed E-state index contributed by atoms with van der Waals surface area (Å²) in [7, 11) is -3.71. The zero-order chi connectivity index (χ0) is 14.9. The van der Waals surface area contributed by atoms with Crippen LogP contribution in [0.4, 0.5) is 5.69 Å². The number of hydrogen-bond acceptors (Lipinski definition) is 4. The minimum absolute atomic E-state index is 0.0284. The quantitative estimate of drug-likeness (QED) is 0.858. The molecule has 0 saturated carbocycles. The monoisotopic (exact) mass is 375 g/mol. The van der Waals surface area contributed by atoms with Gasteiger partial charge in [0, 0.05) is 0 Å². The van der Waals surface area contributed by atoms with Crippen molar-refractivity contribution in [3.05, 3.63) is 45.2 Å². The Kier molecular flexibility index (Phi) is 4.17. The average Bonchev–Trinajstić information content (AvgIpc) is 2.79. The summed E-state index contributed by atoms with van der Waals surface area (Å²) >= 11 is 4.28. The predicted octanol–water partition coefficient (Wildman–Crippen LogP) is 3.32. The second-order valence-electron chi connectivity index (χ2n) is 4.00. The summed E-state index contributed by atoms with van der Waals surface area (Å²) in [6, 6.07) is 7.41. The van der Waals surface area contributed by atoms with E-state index in [2.05, 4.69) is 20.7 Å². The molecule has 0 amide bonds. The van der Waals surface area contributed by atoms with Crippen LogP contribution >= 0.6 is 27.3 Å². The van der Waals surface area contributed by atoms with Crippen molar-refractivity contribution >= 4 is 48.9 Å². The third-order valence-electron chi connectivity index (χ3n) is 2.54. The largest absolute Gasteiger partial charge is 0.478 e. The Morgan fingerprint density at radius 1 is 1.30 bits per heavy atom. The van der Waals surface area contributed by atoms with Gasteiger partial charge in [0.2, 0.25) is 0 Å². The Morgan fingerprint density at radius 3 is 2.55 bits per heavy atom. The third-order valence-corrected chi connectivity index (χ3v) is 6.02. The lowest BCUT2D eigenvalue weighted by atomic mass is 10.1. The SMILES string of the molecule is Cc1ccc(C(=O)O)cc1NS(=O)(=O)c1ccc(Br)s1. The average molecular weight is 376 g/mol. The van der Waals surface area contributed by atoms with Gasteiger partial charge in [-0.05, 0) is 52.7 Å². The number of hydrogen-bond donors (Lipinski definition) is 2. The lowest BCUT2D eigenvalue weighted by Gasteiger charge is -2.10. The molecule has 0 aliphatic carbocycles. The standard InChI is InChI=1S/C12H10BrNO4S2/c1-7-2-3-8(12(15)16)6-9(7)14-20(17,18)11-5-4-10(13)19-11/h2-6,14H,1H3,(H,15,16). The molecule has 8 heteroatoms. The highest BCUT2D eigenvalue weighted by molar-refractivity contribution is 9.11. The number of rotatable bonds is 4. The molecule has 0 fully saturated rings. The first-order valence-electron chi connectivity index (χ1n) is 5.42. The predicted molar refractivity (Wildman–Crippen MR) is 81.0 cm³/mol. The Labute approximate surface area is 128 Å². The lowest BCUT2D eigenvalue weighted by molar-refractivity contribution is 0.0697. The molecule has 0 unspecified atom stereocenters. The molecule has 0 aliphatic heterocycles. The molecule has 106 valence electrons. The summed E-state index contributed by atoms with van der Waals surface area (Å²) in [5, 5.41) is 8.94. The molecule has 0 bridgehead atoms. The summed E-state index contributed by atoms with van der Waals surface area (Å²) < 4.78 is 27.6. The van der Waals surface area contributed by atoms with Crippen LogP contribution in [-0.2, 0) is 10.0 Å². The second-order valence-corrected chi connectivity index (χ2v) is 8.37. The first kappa shape index (κ1) is 15.0. The molecule has 0 spiro atoms. The number of carboxylic acid groups (broad SMARTS) is 1. The van der Waals surface area contributed by atoms with E-state index in [1.54, 1.807) is 19.1 Å². The molecule has 0 atom stereocenters. The van der Waals surface area contributed by atoms with Crippen LogP contribution in [0.15, 0.2) is 38.3 Å². The number of carbonyl (C=O) groups is 1. The van der Waals surface area contributed by atoms with E-state index in [9.17, 15) is 13.2 Å². The van der Waals surface area contributed by atoms with Crippen molar-refractivity contribution in [3.8, 4) is 0 Å². The minimum atomic E-state index is -3.71. The van der Waals surface area contributed by atoms with Crippen molar-refractivity contribution in [2.24, 2.45) is 0 Å². The normalized spacial score (nSPS) is 11.3. The fourth-order valence-electron chi connectivity index (χ4n) is 1.50. The van der Waals surface area contributed by atoms with Gasteiger partial charge >= 0.3 is 5.97 Å². The molecule has 1 heterocycles. The summed E-state index contributed by atoms with van der Waals surface area (Å²) in [6.45, 7) is 1.70. The van der Waals surface area contributed by atoms with E-state index in [0.717, 1.165) is 11.3 Å². The highest BCUT2D eigenvalue weighted by atomic mass is 79.9. The molecule has 1 aromatic carbocycles. The number of aryl methyl sites for hydroxylation is 1. The highest BCUT2D eigenvalue weighted by Crippen LogP contribution is 2.28. The van der Waals surface area contributed by atoms with E-state index in [0.29, 0.717) is 9.35 Å². The van der Waals surface area contributed by atoms with Crippen molar-refractivity contribution in [1.29, 1.82) is 0 Å². The number of anilines is 1. The number of aromatic carboxylic acids is 1. The van der Waals surface area contributed by atoms with E-state index in [-0.39, 0.29) is 15.5 Å². The van der Waals surface area contributed by atoms with Crippen molar-refractivity contribution in [1.82, 2.24) is 0 Å². The van der Waals surface area contributed by atoms with Gasteiger partial charge in [-0.2, -0.15) is 0 Å². The molecule has 5 nitrogen and oxygen atoms in total. The zero-order valence-electron chi connectivity index (χ0n) is 10.3. The smallest absolute Gasteiger partial charge is 0.335 e. The van der Waals surface area contributed by atoms with Crippen LogP contribution in [0.3, 0.4) is 0 Å². The maximum atomic E-state index is 12.2. The summed E-state index contributed by atoms with van der Waals surface area (Å²) in [6.07, 6.45) is 0. The van der Waals surface area contributed by atoms with Crippen molar-refractivity contribution < 1.29 is 18.3 Å². The van der Waals surface area contributed by atoms with Crippen LogP contribution in [0.1, 0.15) is 15.9 Å². The molecule has 2 rings (SSSR count). The van der Waals surface area contributed by atoms with Crippen LogP contribution in [0.5, 0.6) is 0 Å². The maximum absolute atomic E-state index is 12.2. The zero-order valence-corrected chi connectivity index (χ0v) is 13.5. The summed E-state index contributed by atoms with van der Waals surface area (Å²) in [5.74, 6) is -1.11. The highest BCUT2D eigenvalue weighted by Gasteiger charge is 2.18. The molecule has 0 saturated heterocycles. The van der Waals surface area contributed by atoms with Crippen molar-refractivity contribution in [2.45, 2.75) is 11.1 Å². The first-order valence-corrected chi connectivity index (χ1v) is 8.51. The lowest BCUT2D eigenvalue weighted by Crippen LogP contribution is -2.13. The summed E-state index contributed by atoms with van der Waals surface area (Å²) in [4.78, 5) is 10.9. The number of thiophene rings is 1. The first-order chi connectivity index (χ1) is 9.29. The van der Waals surface area contributed by atoms with Gasteiger partial charge in [-0.1, -0.05) is 6.07 Å².